The Morgan fingerprint density at radius 1 is 1.25 bits per heavy atom. The highest BCUT2D eigenvalue weighted by Gasteiger charge is 2.25. The number of hydrogen-bond acceptors (Lipinski definition) is 6. The van der Waals surface area contributed by atoms with Crippen molar-refractivity contribution in [1.82, 2.24) is 19.9 Å². The molecule has 2 aromatic rings. The number of primary amides is 1. The minimum absolute atomic E-state index is 0.142. The van der Waals surface area contributed by atoms with Crippen LogP contribution in [0.1, 0.15) is 40.6 Å². The molecule has 24 heavy (non-hydrogen) atoms. The largest absolute Gasteiger partial charge is 0.366 e. The molecule has 1 aliphatic rings. The number of carbonyl (C=O) groups is 1. The van der Waals surface area contributed by atoms with Crippen molar-refractivity contribution in [2.45, 2.75) is 26.4 Å². The number of aromatic nitrogens is 2. The van der Waals surface area contributed by atoms with E-state index >= 15 is 0 Å². The van der Waals surface area contributed by atoms with Gasteiger partial charge in [-0.2, -0.15) is 4.98 Å². The summed E-state index contributed by atoms with van der Waals surface area (Å²) in [6, 6.07) is 7.65. The van der Waals surface area contributed by atoms with Crippen LogP contribution >= 0.6 is 0 Å². The molecule has 3 rings (SSSR count). The average Bonchev–Trinajstić information content (AvgIpc) is 3.02. The first-order chi connectivity index (χ1) is 11.5. The molecule has 0 unspecified atom stereocenters. The van der Waals surface area contributed by atoms with Crippen LogP contribution in [0, 0.1) is 6.92 Å². The Labute approximate surface area is 141 Å². The molecule has 1 fully saturated rings. The van der Waals surface area contributed by atoms with Crippen molar-refractivity contribution in [1.29, 1.82) is 0 Å². The van der Waals surface area contributed by atoms with Crippen LogP contribution in [0.2, 0.25) is 0 Å². The van der Waals surface area contributed by atoms with Gasteiger partial charge in [-0.3, -0.25) is 14.6 Å². The molecule has 128 valence electrons. The summed E-state index contributed by atoms with van der Waals surface area (Å²) in [5.74, 6) is 0.971. The molecule has 1 saturated heterocycles. The van der Waals surface area contributed by atoms with Gasteiger partial charge in [-0.1, -0.05) is 17.3 Å². The number of aryl methyl sites for hydroxylation is 1. The standard InChI is InChI=1S/C17H23N5O2/c1-12(17-19-13(2)20-24-17)22-9-7-21(8-10-22)11-14-3-5-15(6-4-14)16(18)23/h3-6,12H,7-11H2,1-2H3,(H2,18,23)/t12-/m1/s1. The summed E-state index contributed by atoms with van der Waals surface area (Å²) in [7, 11) is 0. The number of nitrogens with zero attached hydrogens (tertiary/aromatic N) is 4. The number of piperazine rings is 1. The van der Waals surface area contributed by atoms with Gasteiger partial charge in [0.2, 0.25) is 11.8 Å². The molecule has 1 amide bonds. The van der Waals surface area contributed by atoms with E-state index in [1.54, 1.807) is 12.1 Å². The quantitative estimate of drug-likeness (QED) is 0.891. The van der Waals surface area contributed by atoms with E-state index in [2.05, 4.69) is 26.9 Å². The summed E-state index contributed by atoms with van der Waals surface area (Å²) in [6.45, 7) is 8.70. The summed E-state index contributed by atoms with van der Waals surface area (Å²) in [6.07, 6.45) is 0. The van der Waals surface area contributed by atoms with E-state index in [9.17, 15) is 4.79 Å². The molecule has 2 N–H and O–H groups in total. The van der Waals surface area contributed by atoms with Crippen molar-refractivity contribution in [3.63, 3.8) is 0 Å². The smallest absolute Gasteiger partial charge is 0.248 e. The zero-order valence-corrected chi connectivity index (χ0v) is 14.1. The van der Waals surface area contributed by atoms with Gasteiger partial charge in [0, 0.05) is 38.3 Å². The van der Waals surface area contributed by atoms with Gasteiger partial charge < -0.3 is 10.3 Å². The molecule has 1 aromatic heterocycles. The van der Waals surface area contributed by atoms with Crippen LogP contribution in [-0.2, 0) is 6.54 Å². The lowest BCUT2D eigenvalue weighted by Gasteiger charge is -2.36. The van der Waals surface area contributed by atoms with Crippen molar-refractivity contribution >= 4 is 5.91 Å². The number of benzene rings is 1. The topological polar surface area (TPSA) is 88.5 Å². The Hall–Kier alpha value is -2.25. The SMILES string of the molecule is Cc1noc([C@@H](C)N2CCN(Cc3ccc(C(N)=O)cc3)CC2)n1. The minimum atomic E-state index is -0.389. The molecular formula is C17H23N5O2. The number of hydrogen-bond donors (Lipinski definition) is 1. The third kappa shape index (κ3) is 3.80. The van der Waals surface area contributed by atoms with E-state index < -0.39 is 0 Å². The second kappa shape index (κ2) is 7.11. The fourth-order valence-corrected chi connectivity index (χ4v) is 2.98. The Morgan fingerprint density at radius 3 is 2.46 bits per heavy atom. The molecule has 0 bridgehead atoms. The molecular weight excluding hydrogens is 306 g/mol. The van der Waals surface area contributed by atoms with Gasteiger partial charge >= 0.3 is 0 Å². The van der Waals surface area contributed by atoms with E-state index in [1.807, 2.05) is 19.1 Å². The molecule has 0 radical (unpaired) electrons. The molecule has 0 aliphatic carbocycles. The summed E-state index contributed by atoms with van der Waals surface area (Å²) in [5.41, 5.74) is 7.01. The van der Waals surface area contributed by atoms with Gasteiger partial charge in [0.15, 0.2) is 5.82 Å². The summed E-state index contributed by atoms with van der Waals surface area (Å²) >= 11 is 0. The summed E-state index contributed by atoms with van der Waals surface area (Å²) in [4.78, 5) is 20.2. The summed E-state index contributed by atoms with van der Waals surface area (Å²) < 4.78 is 5.28. The van der Waals surface area contributed by atoms with Crippen molar-refractivity contribution < 1.29 is 9.32 Å². The van der Waals surface area contributed by atoms with Crippen LogP contribution in [0.25, 0.3) is 0 Å². The fraction of sp³-hybridized carbons (Fsp3) is 0.471. The van der Waals surface area contributed by atoms with Crippen molar-refractivity contribution in [2.24, 2.45) is 5.73 Å². The third-order valence-electron chi connectivity index (χ3n) is 4.50. The second-order valence-corrected chi connectivity index (χ2v) is 6.23. The number of carbonyl (C=O) groups excluding carboxylic acids is 1. The maximum atomic E-state index is 11.1. The first-order valence-electron chi connectivity index (χ1n) is 8.18. The molecule has 7 heteroatoms. The van der Waals surface area contributed by atoms with Crippen LogP contribution in [0.3, 0.4) is 0 Å². The van der Waals surface area contributed by atoms with E-state index in [-0.39, 0.29) is 11.9 Å². The van der Waals surface area contributed by atoms with E-state index in [0.29, 0.717) is 17.3 Å². The maximum Gasteiger partial charge on any atom is 0.248 e. The molecule has 1 aromatic carbocycles. The summed E-state index contributed by atoms with van der Waals surface area (Å²) in [5, 5.41) is 3.87. The Balaban J connectivity index is 1.52. The Morgan fingerprint density at radius 2 is 1.92 bits per heavy atom. The maximum absolute atomic E-state index is 11.1. The second-order valence-electron chi connectivity index (χ2n) is 6.23. The lowest BCUT2D eigenvalue weighted by molar-refractivity contribution is 0.0845. The Kier molecular flexibility index (Phi) is 4.92. The first-order valence-corrected chi connectivity index (χ1v) is 8.18. The predicted molar refractivity (Wildman–Crippen MR) is 89.3 cm³/mol. The zero-order valence-electron chi connectivity index (χ0n) is 14.1. The van der Waals surface area contributed by atoms with Crippen LogP contribution in [0.15, 0.2) is 28.8 Å². The highest BCUT2D eigenvalue weighted by molar-refractivity contribution is 5.92. The normalized spacial score (nSPS) is 17.8. The van der Waals surface area contributed by atoms with Gasteiger partial charge in [-0.15, -0.1) is 0 Å². The van der Waals surface area contributed by atoms with E-state index in [0.717, 1.165) is 32.7 Å². The van der Waals surface area contributed by atoms with Crippen molar-refractivity contribution in [3.8, 4) is 0 Å². The lowest BCUT2D eigenvalue weighted by atomic mass is 10.1. The first kappa shape index (κ1) is 16.6. The van der Waals surface area contributed by atoms with Crippen LogP contribution < -0.4 is 5.73 Å². The van der Waals surface area contributed by atoms with Gasteiger partial charge in [0.25, 0.3) is 0 Å². The molecule has 0 spiro atoms. The minimum Gasteiger partial charge on any atom is -0.366 e. The van der Waals surface area contributed by atoms with Crippen molar-refractivity contribution in [2.75, 3.05) is 26.2 Å². The third-order valence-corrected chi connectivity index (χ3v) is 4.50. The van der Waals surface area contributed by atoms with Crippen LogP contribution in [-0.4, -0.2) is 52.0 Å². The highest BCUT2D eigenvalue weighted by atomic mass is 16.5. The Bertz CT molecular complexity index is 689. The van der Waals surface area contributed by atoms with Crippen LogP contribution in [0.5, 0.6) is 0 Å². The molecule has 1 aliphatic heterocycles. The lowest BCUT2D eigenvalue weighted by Crippen LogP contribution is -2.46. The van der Waals surface area contributed by atoms with Crippen LogP contribution in [0.4, 0.5) is 0 Å². The molecule has 1 atom stereocenters. The van der Waals surface area contributed by atoms with Gasteiger partial charge in [-0.05, 0) is 31.5 Å². The monoisotopic (exact) mass is 329 g/mol. The average molecular weight is 329 g/mol. The zero-order chi connectivity index (χ0) is 17.1. The van der Waals surface area contributed by atoms with Gasteiger partial charge in [-0.25, -0.2) is 0 Å². The molecule has 2 heterocycles. The fourth-order valence-electron chi connectivity index (χ4n) is 2.98. The highest BCUT2D eigenvalue weighted by Crippen LogP contribution is 2.20. The molecule has 7 nitrogen and oxygen atoms in total. The number of nitrogens with two attached hydrogens (primary N) is 1. The van der Waals surface area contributed by atoms with Gasteiger partial charge in [0.1, 0.15) is 0 Å². The number of amides is 1. The predicted octanol–water partition coefficient (Wildman–Crippen LogP) is 1.36. The molecule has 0 saturated carbocycles. The van der Waals surface area contributed by atoms with Gasteiger partial charge in [0.05, 0.1) is 6.04 Å². The number of rotatable bonds is 5. The van der Waals surface area contributed by atoms with Crippen molar-refractivity contribution in [3.05, 3.63) is 47.1 Å². The van der Waals surface area contributed by atoms with E-state index in [4.69, 9.17) is 10.3 Å². The van der Waals surface area contributed by atoms with E-state index in [1.165, 1.54) is 5.56 Å².